The van der Waals surface area contributed by atoms with Gasteiger partial charge in [0.15, 0.2) is 0 Å². The molecule has 0 aliphatic rings. The second-order valence-corrected chi connectivity index (χ2v) is 4.06. The van der Waals surface area contributed by atoms with Crippen molar-refractivity contribution in [3.05, 3.63) is 11.6 Å². The summed E-state index contributed by atoms with van der Waals surface area (Å²) in [6, 6.07) is 0. The van der Waals surface area contributed by atoms with E-state index >= 15 is 0 Å². The van der Waals surface area contributed by atoms with Gasteiger partial charge >= 0.3 is 0 Å². The highest BCUT2D eigenvalue weighted by Gasteiger charge is 2.06. The molecule has 0 aliphatic heterocycles. The molecule has 1 nitrogen and oxygen atoms in total. The lowest BCUT2D eigenvalue weighted by Gasteiger charge is -2.20. The molecule has 0 aromatic rings. The second-order valence-electron chi connectivity index (χ2n) is 4.06. The van der Waals surface area contributed by atoms with Crippen LogP contribution < -0.4 is 5.32 Å². The second kappa shape index (κ2) is 4.55. The van der Waals surface area contributed by atoms with Crippen LogP contribution in [0.1, 0.15) is 41.0 Å². The molecule has 0 radical (unpaired) electrons. The van der Waals surface area contributed by atoms with Crippen LogP contribution in [0.15, 0.2) is 11.6 Å². The van der Waals surface area contributed by atoms with Gasteiger partial charge in [-0.25, -0.2) is 0 Å². The number of hydrogen-bond acceptors (Lipinski definition) is 1. The van der Waals surface area contributed by atoms with E-state index in [1.165, 1.54) is 5.57 Å². The molecule has 0 amide bonds. The van der Waals surface area contributed by atoms with Crippen molar-refractivity contribution in [2.24, 2.45) is 0 Å². The molecule has 0 aromatic heterocycles. The molecule has 0 heterocycles. The zero-order valence-corrected chi connectivity index (χ0v) is 8.49. The van der Waals surface area contributed by atoms with Crippen LogP contribution in [0.4, 0.5) is 0 Å². The SMILES string of the molecule is CC=C(C)CCNC(C)(C)C. The molecule has 0 saturated carbocycles. The summed E-state index contributed by atoms with van der Waals surface area (Å²) in [4.78, 5) is 0. The van der Waals surface area contributed by atoms with E-state index in [2.05, 4.69) is 46.0 Å². The van der Waals surface area contributed by atoms with Crippen molar-refractivity contribution in [1.29, 1.82) is 0 Å². The normalized spacial score (nSPS) is 13.7. The van der Waals surface area contributed by atoms with Crippen LogP contribution in [0, 0.1) is 0 Å². The van der Waals surface area contributed by atoms with Crippen molar-refractivity contribution in [3.63, 3.8) is 0 Å². The number of nitrogens with one attached hydrogen (secondary N) is 1. The van der Waals surface area contributed by atoms with E-state index in [0.29, 0.717) is 0 Å². The van der Waals surface area contributed by atoms with Crippen molar-refractivity contribution in [2.75, 3.05) is 6.54 Å². The van der Waals surface area contributed by atoms with Gasteiger partial charge in [-0.2, -0.15) is 0 Å². The van der Waals surface area contributed by atoms with Crippen LogP contribution >= 0.6 is 0 Å². The van der Waals surface area contributed by atoms with Crippen LogP contribution in [-0.2, 0) is 0 Å². The Morgan fingerprint density at radius 2 is 1.91 bits per heavy atom. The van der Waals surface area contributed by atoms with Crippen LogP contribution in [0.3, 0.4) is 0 Å². The van der Waals surface area contributed by atoms with Gasteiger partial charge in [-0.1, -0.05) is 11.6 Å². The average molecular weight is 155 g/mol. The third kappa shape index (κ3) is 7.60. The molecular weight excluding hydrogens is 134 g/mol. The van der Waals surface area contributed by atoms with Crippen molar-refractivity contribution < 1.29 is 0 Å². The van der Waals surface area contributed by atoms with Crippen molar-refractivity contribution in [1.82, 2.24) is 5.32 Å². The minimum absolute atomic E-state index is 0.258. The zero-order valence-electron chi connectivity index (χ0n) is 8.49. The first kappa shape index (κ1) is 10.7. The Morgan fingerprint density at radius 3 is 2.27 bits per heavy atom. The van der Waals surface area contributed by atoms with Gasteiger partial charge in [0, 0.05) is 5.54 Å². The Balaban J connectivity index is 3.43. The fraction of sp³-hybridized carbons (Fsp3) is 0.800. The summed E-state index contributed by atoms with van der Waals surface area (Å²) in [7, 11) is 0. The molecule has 0 atom stereocenters. The standard InChI is InChI=1S/C10H21N/c1-6-9(2)7-8-11-10(3,4)5/h6,11H,7-8H2,1-5H3. The molecule has 11 heavy (non-hydrogen) atoms. The van der Waals surface area contributed by atoms with E-state index in [1.807, 2.05) is 0 Å². The summed E-state index contributed by atoms with van der Waals surface area (Å²) in [6.07, 6.45) is 3.33. The van der Waals surface area contributed by atoms with Gasteiger partial charge in [-0.3, -0.25) is 0 Å². The topological polar surface area (TPSA) is 12.0 Å². The summed E-state index contributed by atoms with van der Waals surface area (Å²) >= 11 is 0. The van der Waals surface area contributed by atoms with Crippen LogP contribution in [0.5, 0.6) is 0 Å². The van der Waals surface area contributed by atoms with Gasteiger partial charge in [0.25, 0.3) is 0 Å². The monoisotopic (exact) mass is 155 g/mol. The molecule has 0 rings (SSSR count). The van der Waals surface area contributed by atoms with E-state index in [-0.39, 0.29) is 5.54 Å². The number of allylic oxidation sites excluding steroid dienone is 1. The van der Waals surface area contributed by atoms with Crippen LogP contribution in [-0.4, -0.2) is 12.1 Å². The summed E-state index contributed by atoms with van der Waals surface area (Å²) in [5, 5.41) is 3.45. The molecule has 0 bridgehead atoms. The molecule has 1 heteroatoms. The Morgan fingerprint density at radius 1 is 1.36 bits per heavy atom. The lowest BCUT2D eigenvalue weighted by Crippen LogP contribution is -2.36. The smallest absolute Gasteiger partial charge is 0.00966 e. The first-order chi connectivity index (χ1) is 4.95. The fourth-order valence-corrected chi connectivity index (χ4v) is 0.779. The summed E-state index contributed by atoms with van der Waals surface area (Å²) < 4.78 is 0. The summed E-state index contributed by atoms with van der Waals surface area (Å²) in [5.41, 5.74) is 1.72. The van der Waals surface area contributed by atoms with Gasteiger partial charge in [0.05, 0.1) is 0 Å². The molecule has 0 aromatic carbocycles. The average Bonchev–Trinajstić information content (AvgIpc) is 1.85. The molecule has 0 spiro atoms. The van der Waals surface area contributed by atoms with Gasteiger partial charge in [-0.05, 0) is 47.6 Å². The Hall–Kier alpha value is -0.300. The fourth-order valence-electron chi connectivity index (χ4n) is 0.779. The lowest BCUT2D eigenvalue weighted by molar-refractivity contribution is 0.429. The largest absolute Gasteiger partial charge is 0.312 e. The highest BCUT2D eigenvalue weighted by Crippen LogP contribution is 2.01. The molecule has 66 valence electrons. The first-order valence-electron chi connectivity index (χ1n) is 4.32. The minimum atomic E-state index is 0.258. The molecular formula is C10H21N. The third-order valence-corrected chi connectivity index (χ3v) is 1.67. The van der Waals surface area contributed by atoms with Crippen LogP contribution in [0.2, 0.25) is 0 Å². The quantitative estimate of drug-likeness (QED) is 0.618. The Bertz CT molecular complexity index is 128. The maximum absolute atomic E-state index is 3.45. The molecule has 0 saturated heterocycles. The molecule has 0 unspecified atom stereocenters. The maximum atomic E-state index is 3.45. The minimum Gasteiger partial charge on any atom is -0.312 e. The van der Waals surface area contributed by atoms with Crippen molar-refractivity contribution in [2.45, 2.75) is 46.6 Å². The van der Waals surface area contributed by atoms with Crippen molar-refractivity contribution >= 4 is 0 Å². The van der Waals surface area contributed by atoms with Crippen LogP contribution in [0.25, 0.3) is 0 Å². The highest BCUT2D eigenvalue weighted by atomic mass is 14.9. The van der Waals surface area contributed by atoms with E-state index in [9.17, 15) is 0 Å². The summed E-state index contributed by atoms with van der Waals surface area (Å²) in [6.45, 7) is 11.9. The highest BCUT2D eigenvalue weighted by molar-refractivity contribution is 4.96. The lowest BCUT2D eigenvalue weighted by atomic mass is 10.1. The molecule has 1 N–H and O–H groups in total. The zero-order chi connectivity index (χ0) is 8.91. The van der Waals surface area contributed by atoms with Gasteiger partial charge in [-0.15, -0.1) is 0 Å². The Labute approximate surface area is 70.9 Å². The van der Waals surface area contributed by atoms with Gasteiger partial charge < -0.3 is 5.32 Å². The molecule has 0 aliphatic carbocycles. The molecule has 0 fully saturated rings. The number of hydrogen-bond donors (Lipinski definition) is 1. The maximum Gasteiger partial charge on any atom is 0.00966 e. The van der Waals surface area contributed by atoms with Crippen molar-refractivity contribution in [3.8, 4) is 0 Å². The van der Waals surface area contributed by atoms with Gasteiger partial charge in [0.1, 0.15) is 0 Å². The van der Waals surface area contributed by atoms with E-state index in [0.717, 1.165) is 13.0 Å². The number of rotatable bonds is 3. The predicted molar refractivity (Wildman–Crippen MR) is 51.8 cm³/mol. The van der Waals surface area contributed by atoms with E-state index in [1.54, 1.807) is 0 Å². The predicted octanol–water partition coefficient (Wildman–Crippen LogP) is 2.73. The first-order valence-corrected chi connectivity index (χ1v) is 4.32. The van der Waals surface area contributed by atoms with Gasteiger partial charge in [0.2, 0.25) is 0 Å². The third-order valence-electron chi connectivity index (χ3n) is 1.67. The Kier molecular flexibility index (Phi) is 4.43. The van der Waals surface area contributed by atoms with E-state index < -0.39 is 0 Å². The summed E-state index contributed by atoms with van der Waals surface area (Å²) in [5.74, 6) is 0. The van der Waals surface area contributed by atoms with E-state index in [4.69, 9.17) is 0 Å².